The number of nitrogens with zero attached hydrogens (tertiary/aromatic N) is 1. The molecule has 0 aromatic heterocycles. The lowest BCUT2D eigenvalue weighted by atomic mass is 9.99. The van der Waals surface area contributed by atoms with Gasteiger partial charge in [-0.1, -0.05) is 66.7 Å². The van der Waals surface area contributed by atoms with Crippen LogP contribution in [-0.2, 0) is 29.2 Å². The minimum atomic E-state index is -5.08. The Morgan fingerprint density at radius 2 is 1.45 bits per heavy atom. The van der Waals surface area contributed by atoms with E-state index in [4.69, 9.17) is 19.7 Å². The molecule has 0 radical (unpaired) electrons. The van der Waals surface area contributed by atoms with Crippen LogP contribution in [0.2, 0.25) is 0 Å². The molecule has 6 nitrogen and oxygen atoms in total. The number of carboxylic acids is 2. The van der Waals surface area contributed by atoms with E-state index in [9.17, 15) is 18.0 Å². The number of likely N-dealkylation sites (tertiary alicyclic amines) is 1. The fraction of sp³-hybridized carbons (Fsp3) is 0.310. The van der Waals surface area contributed by atoms with Crippen LogP contribution in [-0.4, -0.2) is 46.3 Å². The van der Waals surface area contributed by atoms with Crippen molar-refractivity contribution < 1.29 is 37.7 Å². The quantitative estimate of drug-likeness (QED) is 0.359. The van der Waals surface area contributed by atoms with Gasteiger partial charge in [0.15, 0.2) is 0 Å². The first-order valence-corrected chi connectivity index (χ1v) is 12.2. The molecule has 0 saturated carbocycles. The molecule has 3 aromatic carbocycles. The summed E-state index contributed by atoms with van der Waals surface area (Å²) in [5.41, 5.74) is 4.94. The maximum Gasteiger partial charge on any atom is 0.490 e. The van der Waals surface area contributed by atoms with Crippen LogP contribution in [0.4, 0.5) is 13.2 Å². The summed E-state index contributed by atoms with van der Waals surface area (Å²) >= 11 is 0. The fourth-order valence-electron chi connectivity index (χ4n) is 4.14. The van der Waals surface area contributed by atoms with Gasteiger partial charge in [-0.15, -0.1) is 0 Å². The second-order valence-electron chi connectivity index (χ2n) is 9.08. The number of hydrogen-bond donors (Lipinski definition) is 2. The molecule has 1 saturated heterocycles. The number of hydrogen-bond acceptors (Lipinski definition) is 4. The predicted molar refractivity (Wildman–Crippen MR) is 136 cm³/mol. The maximum atomic E-state index is 10.7. The third-order valence-corrected chi connectivity index (χ3v) is 6.17. The van der Waals surface area contributed by atoms with E-state index in [1.165, 1.54) is 17.5 Å². The smallest absolute Gasteiger partial charge is 0.489 e. The Morgan fingerprint density at radius 3 is 2.03 bits per heavy atom. The summed E-state index contributed by atoms with van der Waals surface area (Å²) in [4.78, 5) is 22.1. The van der Waals surface area contributed by atoms with Crippen LogP contribution in [0.5, 0.6) is 5.75 Å². The zero-order chi connectivity index (χ0) is 27.5. The molecule has 202 valence electrons. The van der Waals surface area contributed by atoms with Crippen LogP contribution in [0, 0.1) is 0 Å². The highest BCUT2D eigenvalue weighted by Crippen LogP contribution is 2.28. The van der Waals surface area contributed by atoms with Crippen LogP contribution in [0.3, 0.4) is 0 Å². The van der Waals surface area contributed by atoms with E-state index in [-0.39, 0.29) is 6.42 Å². The summed E-state index contributed by atoms with van der Waals surface area (Å²) in [6, 6.07) is 27.2. The molecule has 1 fully saturated rings. The number of halogens is 3. The lowest BCUT2D eigenvalue weighted by Gasteiger charge is -2.16. The van der Waals surface area contributed by atoms with Crippen molar-refractivity contribution >= 4 is 11.9 Å². The second-order valence-corrected chi connectivity index (χ2v) is 9.08. The molecule has 2 N–H and O–H groups in total. The molecule has 9 heteroatoms. The van der Waals surface area contributed by atoms with Gasteiger partial charge in [-0.05, 0) is 59.7 Å². The van der Waals surface area contributed by atoms with E-state index >= 15 is 0 Å². The van der Waals surface area contributed by atoms with Gasteiger partial charge in [0.05, 0.1) is 0 Å². The van der Waals surface area contributed by atoms with Gasteiger partial charge in [0.2, 0.25) is 0 Å². The first-order valence-electron chi connectivity index (χ1n) is 12.2. The van der Waals surface area contributed by atoms with Gasteiger partial charge in [0, 0.05) is 19.5 Å². The Labute approximate surface area is 219 Å². The van der Waals surface area contributed by atoms with Crippen molar-refractivity contribution in [2.45, 2.75) is 44.5 Å². The highest BCUT2D eigenvalue weighted by molar-refractivity contribution is 5.73. The van der Waals surface area contributed by atoms with E-state index in [0.29, 0.717) is 18.9 Å². The van der Waals surface area contributed by atoms with E-state index in [1.54, 1.807) is 0 Å². The van der Waals surface area contributed by atoms with Gasteiger partial charge in [0.25, 0.3) is 0 Å². The van der Waals surface area contributed by atoms with Gasteiger partial charge < -0.3 is 14.9 Å². The fourth-order valence-corrected chi connectivity index (χ4v) is 4.14. The topological polar surface area (TPSA) is 87.1 Å². The average molecular weight is 530 g/mol. The summed E-state index contributed by atoms with van der Waals surface area (Å²) in [6.07, 6.45) is -3.16. The first-order chi connectivity index (χ1) is 18.1. The maximum absolute atomic E-state index is 10.7. The lowest BCUT2D eigenvalue weighted by Crippen LogP contribution is -2.21. The summed E-state index contributed by atoms with van der Waals surface area (Å²) in [5.74, 6) is -2.09. The number of carbonyl (C=O) groups is 2. The molecule has 1 aliphatic heterocycles. The predicted octanol–water partition coefficient (Wildman–Crippen LogP) is 5.91. The molecule has 4 rings (SSSR count). The van der Waals surface area contributed by atoms with Crippen molar-refractivity contribution in [3.8, 4) is 5.75 Å². The van der Waals surface area contributed by atoms with E-state index in [2.05, 4.69) is 59.5 Å². The summed E-state index contributed by atoms with van der Waals surface area (Å²) < 4.78 is 37.6. The summed E-state index contributed by atoms with van der Waals surface area (Å²) in [7, 11) is 0. The molecule has 0 bridgehead atoms. The largest absolute Gasteiger partial charge is 0.490 e. The summed E-state index contributed by atoms with van der Waals surface area (Å²) in [6.45, 7) is 3.78. The molecule has 1 heterocycles. The van der Waals surface area contributed by atoms with Crippen molar-refractivity contribution in [3.63, 3.8) is 0 Å². The van der Waals surface area contributed by atoms with E-state index in [0.717, 1.165) is 36.5 Å². The van der Waals surface area contributed by atoms with Gasteiger partial charge in [0.1, 0.15) is 12.4 Å². The van der Waals surface area contributed by atoms with Crippen LogP contribution in [0.25, 0.3) is 0 Å². The van der Waals surface area contributed by atoms with Gasteiger partial charge in [-0.25, -0.2) is 4.79 Å². The van der Waals surface area contributed by atoms with Crippen molar-refractivity contribution in [1.82, 2.24) is 4.90 Å². The molecule has 1 atom stereocenters. The van der Waals surface area contributed by atoms with Crippen LogP contribution in [0.15, 0.2) is 78.9 Å². The van der Waals surface area contributed by atoms with Crippen molar-refractivity contribution in [1.29, 1.82) is 0 Å². The molecule has 1 unspecified atom stereocenters. The van der Waals surface area contributed by atoms with Gasteiger partial charge in [-0.2, -0.15) is 13.2 Å². The minimum Gasteiger partial charge on any atom is -0.489 e. The highest BCUT2D eigenvalue weighted by Gasteiger charge is 2.38. The molecule has 3 aromatic rings. The van der Waals surface area contributed by atoms with Crippen LogP contribution < -0.4 is 4.74 Å². The molecule has 0 amide bonds. The zero-order valence-corrected chi connectivity index (χ0v) is 20.7. The van der Waals surface area contributed by atoms with Crippen molar-refractivity contribution in [2.75, 3.05) is 13.1 Å². The average Bonchev–Trinajstić information content (AvgIpc) is 3.36. The lowest BCUT2D eigenvalue weighted by molar-refractivity contribution is -0.192. The Kier molecular flexibility index (Phi) is 10.3. The number of ether oxygens (including phenoxy) is 1. The molecule has 38 heavy (non-hydrogen) atoms. The Bertz CT molecular complexity index is 1170. The second kappa shape index (κ2) is 13.6. The minimum absolute atomic E-state index is 0.150. The Morgan fingerprint density at radius 1 is 0.868 bits per heavy atom. The summed E-state index contributed by atoms with van der Waals surface area (Å²) in [5, 5.41) is 15.9. The van der Waals surface area contributed by atoms with Crippen molar-refractivity contribution in [3.05, 3.63) is 101 Å². The third-order valence-electron chi connectivity index (χ3n) is 6.17. The number of rotatable bonds is 9. The van der Waals surface area contributed by atoms with E-state index < -0.39 is 18.1 Å². The van der Waals surface area contributed by atoms with Crippen molar-refractivity contribution in [2.24, 2.45) is 0 Å². The number of aliphatic carboxylic acids is 2. The van der Waals surface area contributed by atoms with Crippen LogP contribution in [0.1, 0.15) is 41.0 Å². The highest BCUT2D eigenvalue weighted by atomic mass is 19.4. The molecule has 1 aliphatic rings. The Balaban J connectivity index is 0.000000505. The molecular formula is C29H30F3NO5. The van der Waals surface area contributed by atoms with Gasteiger partial charge in [-0.3, -0.25) is 9.69 Å². The number of carboxylic acid groups (broad SMARTS) is 2. The normalized spacial score (nSPS) is 15.4. The zero-order valence-electron chi connectivity index (χ0n) is 20.7. The van der Waals surface area contributed by atoms with E-state index in [1.807, 2.05) is 24.3 Å². The number of aryl methyl sites for hydroxylation is 1. The molecule has 0 aliphatic carbocycles. The standard InChI is InChI=1S/C27H29NO3.C2HF3O2/c29-27(30)15-12-21-10-13-26(14-11-21)31-20-23-8-6-22(7-9-23)18-28-17-16-25(19-28)24-4-2-1-3-5-24;3-2(4,5)1(6)7/h1-11,13-14,25H,12,15-20H2,(H,29,30);(H,6,7). The Hall–Kier alpha value is -3.85. The molecular weight excluding hydrogens is 499 g/mol. The first kappa shape index (κ1) is 28.7. The van der Waals surface area contributed by atoms with Gasteiger partial charge >= 0.3 is 18.1 Å². The number of alkyl halides is 3. The molecule has 0 spiro atoms. The van der Waals surface area contributed by atoms with Crippen LogP contribution >= 0.6 is 0 Å². The third kappa shape index (κ3) is 9.55. The number of benzene rings is 3. The SMILES string of the molecule is O=C(O)C(F)(F)F.O=C(O)CCc1ccc(OCc2ccc(CN3CCC(c4ccccc4)C3)cc2)cc1. The monoisotopic (exact) mass is 529 g/mol.